The predicted octanol–water partition coefficient (Wildman–Crippen LogP) is 1.05. The highest BCUT2D eigenvalue weighted by Gasteiger charge is 2.28. The Morgan fingerprint density at radius 2 is 1.83 bits per heavy atom. The summed E-state index contributed by atoms with van der Waals surface area (Å²) >= 11 is 0. The molecule has 1 aromatic rings. The number of carbonyl (C=O) groups excluding carboxylic acids is 1. The molecule has 0 fully saturated rings. The first-order valence-electron chi connectivity index (χ1n) is 7.30. The Kier molecular flexibility index (Phi) is 6.96. The lowest BCUT2D eigenvalue weighted by Crippen LogP contribution is -2.48. The van der Waals surface area contributed by atoms with Crippen LogP contribution >= 0.6 is 0 Å². The van der Waals surface area contributed by atoms with Crippen LogP contribution in [0.4, 0.5) is 10.1 Å². The smallest absolute Gasteiger partial charge is 0.243 e. The van der Waals surface area contributed by atoms with Crippen molar-refractivity contribution in [2.45, 2.75) is 19.4 Å². The molecule has 1 aromatic carbocycles. The Balaban J connectivity index is 2.83. The average molecular weight is 345 g/mol. The van der Waals surface area contributed by atoms with E-state index in [0.29, 0.717) is 6.54 Å². The molecule has 1 amide bonds. The van der Waals surface area contributed by atoms with Crippen LogP contribution in [0.1, 0.15) is 13.3 Å². The zero-order valence-corrected chi connectivity index (χ0v) is 14.7. The Morgan fingerprint density at radius 3 is 2.30 bits per heavy atom. The minimum absolute atomic E-state index is 0.254. The molecule has 130 valence electrons. The third kappa shape index (κ3) is 6.15. The maximum Gasteiger partial charge on any atom is 0.243 e. The van der Waals surface area contributed by atoms with Gasteiger partial charge in [-0.25, -0.2) is 12.8 Å². The number of benzene rings is 1. The van der Waals surface area contributed by atoms with Crippen molar-refractivity contribution in [2.75, 3.05) is 37.7 Å². The van der Waals surface area contributed by atoms with E-state index in [-0.39, 0.29) is 5.69 Å². The monoisotopic (exact) mass is 345 g/mol. The summed E-state index contributed by atoms with van der Waals surface area (Å²) in [5, 5.41) is 2.73. The molecule has 1 unspecified atom stereocenters. The van der Waals surface area contributed by atoms with E-state index in [1.54, 1.807) is 0 Å². The molecule has 0 radical (unpaired) electrons. The van der Waals surface area contributed by atoms with Gasteiger partial charge in [0.2, 0.25) is 15.9 Å². The van der Waals surface area contributed by atoms with Crippen LogP contribution in [0, 0.1) is 5.82 Å². The first kappa shape index (κ1) is 19.4. The fourth-order valence-electron chi connectivity index (χ4n) is 2.15. The molecule has 1 rings (SSSR count). The molecular weight excluding hydrogens is 321 g/mol. The maximum atomic E-state index is 13.0. The summed E-state index contributed by atoms with van der Waals surface area (Å²) in [7, 11) is 0.193. The lowest BCUT2D eigenvalue weighted by molar-refractivity contribution is -0.121. The fourth-order valence-corrected chi connectivity index (χ4v) is 3.33. The maximum absolute atomic E-state index is 13.0. The van der Waals surface area contributed by atoms with E-state index in [0.717, 1.165) is 35.7 Å². The number of hydrogen-bond donors (Lipinski definition) is 1. The van der Waals surface area contributed by atoms with Crippen molar-refractivity contribution in [1.82, 2.24) is 10.2 Å². The zero-order chi connectivity index (χ0) is 17.6. The number of rotatable bonds is 8. The molecule has 0 bridgehead atoms. The van der Waals surface area contributed by atoms with E-state index in [4.69, 9.17) is 0 Å². The SMILES string of the molecule is CC(C(=O)NCCCN(C)C)N(c1ccc(F)cc1)S(C)(=O)=O. The first-order valence-corrected chi connectivity index (χ1v) is 9.15. The van der Waals surface area contributed by atoms with Crippen molar-refractivity contribution in [1.29, 1.82) is 0 Å². The van der Waals surface area contributed by atoms with Crippen LogP contribution < -0.4 is 9.62 Å². The van der Waals surface area contributed by atoms with Crippen molar-refractivity contribution in [3.05, 3.63) is 30.1 Å². The molecule has 23 heavy (non-hydrogen) atoms. The predicted molar refractivity (Wildman–Crippen MR) is 89.4 cm³/mol. The van der Waals surface area contributed by atoms with Gasteiger partial charge < -0.3 is 10.2 Å². The molecule has 0 aromatic heterocycles. The summed E-state index contributed by atoms with van der Waals surface area (Å²) in [6.45, 7) is 2.79. The highest BCUT2D eigenvalue weighted by molar-refractivity contribution is 7.92. The quantitative estimate of drug-likeness (QED) is 0.715. The summed E-state index contributed by atoms with van der Waals surface area (Å²) in [5.41, 5.74) is 0.254. The topological polar surface area (TPSA) is 69.7 Å². The first-order chi connectivity index (χ1) is 10.6. The Hall–Kier alpha value is -1.67. The second-order valence-corrected chi connectivity index (χ2v) is 7.52. The molecule has 0 heterocycles. The number of hydrogen-bond acceptors (Lipinski definition) is 4. The number of nitrogens with one attached hydrogen (secondary N) is 1. The van der Waals surface area contributed by atoms with Crippen LogP contribution in [0.5, 0.6) is 0 Å². The van der Waals surface area contributed by atoms with E-state index in [1.807, 2.05) is 19.0 Å². The molecule has 0 saturated heterocycles. The molecule has 0 spiro atoms. The van der Waals surface area contributed by atoms with Crippen molar-refractivity contribution in [2.24, 2.45) is 0 Å². The molecule has 0 saturated carbocycles. The van der Waals surface area contributed by atoms with Gasteiger partial charge in [-0.05, 0) is 58.3 Å². The molecule has 8 heteroatoms. The summed E-state index contributed by atoms with van der Waals surface area (Å²) in [6.07, 6.45) is 1.78. The number of nitrogens with zero attached hydrogens (tertiary/aromatic N) is 2. The minimum atomic E-state index is -3.68. The number of sulfonamides is 1. The largest absolute Gasteiger partial charge is 0.354 e. The second kappa shape index (κ2) is 8.26. The number of carbonyl (C=O) groups is 1. The van der Waals surface area contributed by atoms with E-state index in [9.17, 15) is 17.6 Å². The van der Waals surface area contributed by atoms with E-state index in [2.05, 4.69) is 5.32 Å². The summed E-state index contributed by atoms with van der Waals surface area (Å²) in [6, 6.07) is 4.08. The standard InChI is InChI=1S/C15H24FN3O3S/c1-12(15(20)17-10-5-11-18(2)3)19(23(4,21)22)14-8-6-13(16)7-9-14/h6-9,12H,5,10-11H2,1-4H3,(H,17,20). The van der Waals surface area contributed by atoms with E-state index >= 15 is 0 Å². The lowest BCUT2D eigenvalue weighted by atomic mass is 10.2. The molecule has 1 atom stereocenters. The molecular formula is C15H24FN3O3S. The summed E-state index contributed by atoms with van der Waals surface area (Å²) < 4.78 is 38.1. The van der Waals surface area contributed by atoms with Crippen LogP contribution in [0.3, 0.4) is 0 Å². The third-order valence-corrected chi connectivity index (χ3v) is 4.49. The van der Waals surface area contributed by atoms with Gasteiger partial charge in [0.15, 0.2) is 0 Å². The van der Waals surface area contributed by atoms with E-state index < -0.39 is 27.8 Å². The van der Waals surface area contributed by atoms with Crippen molar-refractivity contribution >= 4 is 21.6 Å². The Labute approximate surface area is 137 Å². The van der Waals surface area contributed by atoms with Gasteiger partial charge in [-0.15, -0.1) is 0 Å². The average Bonchev–Trinajstić information content (AvgIpc) is 2.44. The Morgan fingerprint density at radius 1 is 1.26 bits per heavy atom. The number of amides is 1. The van der Waals surface area contributed by atoms with Crippen LogP contribution in [0.25, 0.3) is 0 Å². The molecule has 1 N–H and O–H groups in total. The third-order valence-electron chi connectivity index (χ3n) is 3.25. The van der Waals surface area contributed by atoms with E-state index in [1.165, 1.54) is 19.1 Å². The normalized spacial score (nSPS) is 13.0. The van der Waals surface area contributed by atoms with Crippen LogP contribution in [-0.4, -0.2) is 58.7 Å². The fraction of sp³-hybridized carbons (Fsp3) is 0.533. The van der Waals surface area contributed by atoms with Crippen LogP contribution in [0.15, 0.2) is 24.3 Å². The molecule has 0 aliphatic carbocycles. The Bertz CT molecular complexity index is 617. The summed E-state index contributed by atoms with van der Waals surface area (Å²) in [4.78, 5) is 14.2. The van der Waals surface area contributed by atoms with Gasteiger partial charge in [0.05, 0.1) is 11.9 Å². The number of anilines is 1. The van der Waals surface area contributed by atoms with Gasteiger partial charge in [0.25, 0.3) is 0 Å². The molecule has 0 aliphatic heterocycles. The van der Waals surface area contributed by atoms with Gasteiger partial charge in [0.1, 0.15) is 11.9 Å². The van der Waals surface area contributed by atoms with Gasteiger partial charge in [-0.2, -0.15) is 0 Å². The van der Waals surface area contributed by atoms with Crippen molar-refractivity contribution < 1.29 is 17.6 Å². The second-order valence-electron chi connectivity index (χ2n) is 5.66. The lowest BCUT2D eigenvalue weighted by Gasteiger charge is -2.28. The van der Waals surface area contributed by atoms with Gasteiger partial charge in [-0.3, -0.25) is 9.10 Å². The van der Waals surface area contributed by atoms with Crippen molar-refractivity contribution in [3.63, 3.8) is 0 Å². The highest BCUT2D eigenvalue weighted by Crippen LogP contribution is 2.21. The van der Waals surface area contributed by atoms with Crippen LogP contribution in [0.2, 0.25) is 0 Å². The summed E-state index contributed by atoms with van der Waals surface area (Å²) in [5.74, 6) is -0.860. The number of halogens is 1. The van der Waals surface area contributed by atoms with Crippen LogP contribution in [-0.2, 0) is 14.8 Å². The minimum Gasteiger partial charge on any atom is -0.354 e. The van der Waals surface area contributed by atoms with Gasteiger partial charge >= 0.3 is 0 Å². The highest BCUT2D eigenvalue weighted by atomic mass is 32.2. The van der Waals surface area contributed by atoms with Gasteiger partial charge in [-0.1, -0.05) is 0 Å². The zero-order valence-electron chi connectivity index (χ0n) is 13.9. The molecule has 0 aliphatic rings. The molecule has 6 nitrogen and oxygen atoms in total. The van der Waals surface area contributed by atoms with Crippen molar-refractivity contribution in [3.8, 4) is 0 Å². The van der Waals surface area contributed by atoms with Gasteiger partial charge in [0, 0.05) is 6.54 Å².